The Morgan fingerprint density at radius 3 is 2.59 bits per heavy atom. The van der Waals surface area contributed by atoms with Gasteiger partial charge in [-0.3, -0.25) is 14.2 Å². The van der Waals surface area contributed by atoms with Crippen LogP contribution in [0.2, 0.25) is 0 Å². The van der Waals surface area contributed by atoms with Gasteiger partial charge in [-0.25, -0.2) is 4.98 Å². The molecule has 0 radical (unpaired) electrons. The molecule has 152 valence electrons. The summed E-state index contributed by atoms with van der Waals surface area (Å²) in [7, 11) is 0. The number of carboxylic acid groups (broad SMARTS) is 1. The molecule has 0 aliphatic rings. The van der Waals surface area contributed by atoms with Gasteiger partial charge >= 0.3 is 0 Å². The molecular formula is C20H20N3O4S2-. The van der Waals surface area contributed by atoms with Gasteiger partial charge in [-0.2, -0.15) is 0 Å². The summed E-state index contributed by atoms with van der Waals surface area (Å²) in [4.78, 5) is 41.0. The SMILES string of the molecule is CCc1ccc(NC(=O)C(CC)Sc2nc3ccsc3c(=O)n2CC(=O)[O-])cc1. The van der Waals surface area contributed by atoms with Crippen LogP contribution in [0.1, 0.15) is 25.8 Å². The molecule has 1 N–H and O–H groups in total. The Balaban J connectivity index is 1.87. The molecule has 1 aromatic carbocycles. The van der Waals surface area contributed by atoms with Crippen LogP contribution in [0, 0.1) is 0 Å². The van der Waals surface area contributed by atoms with Gasteiger partial charge in [0.15, 0.2) is 5.16 Å². The third kappa shape index (κ3) is 4.86. The number of aryl methyl sites for hydroxylation is 1. The number of carbonyl (C=O) groups excluding carboxylic acids is 2. The molecule has 1 atom stereocenters. The second-order valence-corrected chi connectivity index (χ2v) is 8.43. The number of rotatable bonds is 8. The Bertz CT molecular complexity index is 1090. The average Bonchev–Trinajstić information content (AvgIpc) is 3.17. The van der Waals surface area contributed by atoms with E-state index in [0.29, 0.717) is 22.3 Å². The Morgan fingerprint density at radius 1 is 1.24 bits per heavy atom. The second-order valence-electron chi connectivity index (χ2n) is 6.35. The first-order chi connectivity index (χ1) is 13.9. The van der Waals surface area contributed by atoms with Gasteiger partial charge in [0.1, 0.15) is 4.70 Å². The lowest BCUT2D eigenvalue weighted by Gasteiger charge is -2.18. The van der Waals surface area contributed by atoms with E-state index in [1.54, 1.807) is 11.4 Å². The number of nitrogens with one attached hydrogen (secondary N) is 1. The van der Waals surface area contributed by atoms with Crippen molar-refractivity contribution in [3.05, 3.63) is 51.6 Å². The number of benzene rings is 1. The van der Waals surface area contributed by atoms with Gasteiger partial charge in [-0.15, -0.1) is 11.3 Å². The number of carboxylic acids is 1. The standard InChI is InChI=1S/C20H21N3O4S2/c1-3-12-5-7-13(8-6-12)21-18(26)15(4-2)29-20-22-14-9-10-28-17(14)19(27)23(20)11-16(24)25/h5-10,15H,3-4,11H2,1-2H3,(H,21,26)(H,24,25)/p-1. The number of fused-ring (bicyclic) bond motifs is 1. The maximum absolute atomic E-state index is 12.8. The second kappa shape index (κ2) is 9.23. The van der Waals surface area contributed by atoms with E-state index in [9.17, 15) is 19.5 Å². The van der Waals surface area contributed by atoms with Crippen molar-refractivity contribution in [2.75, 3.05) is 5.32 Å². The molecular weight excluding hydrogens is 410 g/mol. The van der Waals surface area contributed by atoms with E-state index in [0.717, 1.165) is 22.7 Å². The van der Waals surface area contributed by atoms with E-state index >= 15 is 0 Å². The van der Waals surface area contributed by atoms with Crippen molar-refractivity contribution in [2.45, 2.75) is 43.6 Å². The normalized spacial score (nSPS) is 12.1. The summed E-state index contributed by atoms with van der Waals surface area (Å²) >= 11 is 2.28. The minimum Gasteiger partial charge on any atom is -0.548 e. The smallest absolute Gasteiger partial charge is 0.272 e. The van der Waals surface area contributed by atoms with Crippen LogP contribution in [-0.4, -0.2) is 26.7 Å². The van der Waals surface area contributed by atoms with E-state index in [-0.39, 0.29) is 11.1 Å². The van der Waals surface area contributed by atoms with Crippen LogP contribution < -0.4 is 16.0 Å². The molecule has 29 heavy (non-hydrogen) atoms. The van der Waals surface area contributed by atoms with Gasteiger partial charge in [0, 0.05) is 5.69 Å². The predicted molar refractivity (Wildman–Crippen MR) is 113 cm³/mol. The van der Waals surface area contributed by atoms with Gasteiger partial charge in [-0.1, -0.05) is 37.7 Å². The van der Waals surface area contributed by atoms with Crippen LogP contribution in [0.25, 0.3) is 10.2 Å². The van der Waals surface area contributed by atoms with E-state index in [4.69, 9.17) is 0 Å². The number of amides is 1. The van der Waals surface area contributed by atoms with Gasteiger partial charge in [0.2, 0.25) is 5.91 Å². The minimum atomic E-state index is -1.39. The van der Waals surface area contributed by atoms with Crippen LogP contribution in [0.15, 0.2) is 45.7 Å². The number of aliphatic carboxylic acids is 1. The van der Waals surface area contributed by atoms with Gasteiger partial charge < -0.3 is 15.2 Å². The van der Waals surface area contributed by atoms with E-state index in [1.807, 2.05) is 31.2 Å². The molecule has 1 unspecified atom stereocenters. The highest BCUT2D eigenvalue weighted by atomic mass is 32.2. The molecule has 9 heteroatoms. The number of anilines is 1. The third-order valence-corrected chi connectivity index (χ3v) is 6.60. The van der Waals surface area contributed by atoms with Crippen molar-refractivity contribution >= 4 is 50.9 Å². The molecule has 0 saturated carbocycles. The third-order valence-electron chi connectivity index (χ3n) is 4.36. The Labute approximate surface area is 175 Å². The van der Waals surface area contributed by atoms with Crippen molar-refractivity contribution in [1.82, 2.24) is 9.55 Å². The number of thiophene rings is 1. The molecule has 3 aromatic rings. The molecule has 1 amide bonds. The van der Waals surface area contributed by atoms with E-state index in [2.05, 4.69) is 17.2 Å². The van der Waals surface area contributed by atoms with Crippen molar-refractivity contribution in [3.8, 4) is 0 Å². The zero-order valence-electron chi connectivity index (χ0n) is 16.0. The Kier molecular flexibility index (Phi) is 6.71. The summed E-state index contributed by atoms with van der Waals surface area (Å²) in [5.41, 5.74) is 1.90. The highest BCUT2D eigenvalue weighted by Gasteiger charge is 2.22. The largest absolute Gasteiger partial charge is 0.548 e. The van der Waals surface area contributed by atoms with Crippen LogP contribution >= 0.6 is 23.1 Å². The highest BCUT2D eigenvalue weighted by Crippen LogP contribution is 2.27. The van der Waals surface area contributed by atoms with Crippen LogP contribution in [0.3, 0.4) is 0 Å². The fourth-order valence-electron chi connectivity index (χ4n) is 2.78. The molecule has 0 aliphatic heterocycles. The van der Waals surface area contributed by atoms with Gasteiger partial charge in [-0.05, 0) is 42.0 Å². The number of carbonyl (C=O) groups is 2. The Morgan fingerprint density at radius 2 is 1.97 bits per heavy atom. The maximum atomic E-state index is 12.8. The molecule has 0 spiro atoms. The monoisotopic (exact) mass is 430 g/mol. The maximum Gasteiger partial charge on any atom is 0.272 e. The average molecular weight is 431 g/mol. The first-order valence-corrected chi connectivity index (χ1v) is 10.9. The molecule has 0 aliphatic carbocycles. The highest BCUT2D eigenvalue weighted by molar-refractivity contribution is 8.00. The summed E-state index contributed by atoms with van der Waals surface area (Å²) in [6.07, 6.45) is 1.39. The molecule has 2 heterocycles. The lowest BCUT2D eigenvalue weighted by atomic mass is 10.1. The number of hydrogen-bond donors (Lipinski definition) is 1. The lowest BCUT2D eigenvalue weighted by molar-refractivity contribution is -0.306. The van der Waals surface area contributed by atoms with Gasteiger partial charge in [0.05, 0.1) is 23.3 Å². The zero-order valence-corrected chi connectivity index (χ0v) is 17.6. The Hall–Kier alpha value is -2.65. The topological polar surface area (TPSA) is 104 Å². The van der Waals surface area contributed by atoms with Crippen LogP contribution in [0.4, 0.5) is 5.69 Å². The fourth-order valence-corrected chi connectivity index (χ4v) is 4.57. The van der Waals surface area contributed by atoms with E-state index < -0.39 is 23.3 Å². The van der Waals surface area contributed by atoms with Crippen LogP contribution in [-0.2, 0) is 22.6 Å². The zero-order chi connectivity index (χ0) is 21.0. The summed E-state index contributed by atoms with van der Waals surface area (Å²) in [5, 5.41) is 15.4. The predicted octanol–water partition coefficient (Wildman–Crippen LogP) is 2.28. The fraction of sp³-hybridized carbons (Fsp3) is 0.300. The summed E-state index contributed by atoms with van der Waals surface area (Å²) < 4.78 is 1.44. The lowest BCUT2D eigenvalue weighted by Crippen LogP contribution is -2.34. The molecule has 7 nitrogen and oxygen atoms in total. The van der Waals surface area contributed by atoms with Crippen molar-refractivity contribution in [1.29, 1.82) is 0 Å². The van der Waals surface area contributed by atoms with E-state index in [1.165, 1.54) is 16.9 Å². The summed E-state index contributed by atoms with van der Waals surface area (Å²) in [6, 6.07) is 9.29. The summed E-state index contributed by atoms with van der Waals surface area (Å²) in [6.45, 7) is 3.29. The molecule has 0 fully saturated rings. The first-order valence-electron chi connectivity index (χ1n) is 9.17. The number of nitrogens with zero attached hydrogens (tertiary/aromatic N) is 2. The number of thioether (sulfide) groups is 1. The van der Waals surface area contributed by atoms with Crippen molar-refractivity contribution in [2.24, 2.45) is 0 Å². The van der Waals surface area contributed by atoms with Crippen LogP contribution in [0.5, 0.6) is 0 Å². The number of aromatic nitrogens is 2. The quantitative estimate of drug-likeness (QED) is 0.434. The van der Waals surface area contributed by atoms with Crippen molar-refractivity contribution < 1.29 is 14.7 Å². The first kappa shape index (κ1) is 21.1. The molecule has 0 bridgehead atoms. The molecule has 0 saturated heterocycles. The van der Waals surface area contributed by atoms with Gasteiger partial charge in [0.25, 0.3) is 5.56 Å². The summed E-state index contributed by atoms with van der Waals surface area (Å²) in [5.74, 6) is -1.62. The minimum absolute atomic E-state index is 0.188. The molecule has 3 rings (SSSR count). The van der Waals surface area contributed by atoms with Crippen molar-refractivity contribution in [3.63, 3.8) is 0 Å². The molecule has 2 aromatic heterocycles. The number of hydrogen-bond acceptors (Lipinski definition) is 7.